The molecule has 0 aromatic heterocycles. The quantitative estimate of drug-likeness (QED) is 0.807. The van der Waals surface area contributed by atoms with Gasteiger partial charge in [-0.3, -0.25) is 4.79 Å². The largest absolute Gasteiger partial charge is 0.508 e. The molecular formula is C14H20ClNO2. The smallest absolute Gasteiger partial charge is 0.252 e. The van der Waals surface area contributed by atoms with Gasteiger partial charge in [0.2, 0.25) is 0 Å². The Kier molecular flexibility index (Phi) is 5.03. The Bertz CT molecular complexity index is 420. The van der Waals surface area contributed by atoms with E-state index in [0.717, 1.165) is 12.8 Å². The number of aromatic hydroxyl groups is 1. The Hall–Kier alpha value is -1.22. The van der Waals surface area contributed by atoms with Crippen molar-refractivity contribution in [1.29, 1.82) is 0 Å². The van der Waals surface area contributed by atoms with Gasteiger partial charge in [-0.25, -0.2) is 0 Å². The molecule has 100 valence electrons. The molecule has 0 unspecified atom stereocenters. The summed E-state index contributed by atoms with van der Waals surface area (Å²) in [5, 5.41) is 12.6. The second-order valence-electron chi connectivity index (χ2n) is 4.52. The summed E-state index contributed by atoms with van der Waals surface area (Å²) in [6.07, 6.45) is 1.55. The first-order chi connectivity index (χ1) is 8.49. The number of hydrogen-bond acceptors (Lipinski definition) is 2. The molecule has 2 N–H and O–H groups in total. The summed E-state index contributed by atoms with van der Waals surface area (Å²) in [5.41, 5.74) is 0.702. The van der Waals surface area contributed by atoms with E-state index in [1.807, 2.05) is 13.8 Å². The van der Waals surface area contributed by atoms with E-state index in [4.69, 9.17) is 11.6 Å². The van der Waals surface area contributed by atoms with Crippen LogP contribution >= 0.6 is 11.6 Å². The van der Waals surface area contributed by atoms with E-state index >= 15 is 0 Å². The Morgan fingerprint density at radius 2 is 2.00 bits per heavy atom. The van der Waals surface area contributed by atoms with Gasteiger partial charge in [0.1, 0.15) is 5.75 Å². The number of phenols is 1. The van der Waals surface area contributed by atoms with Gasteiger partial charge in [0.05, 0.1) is 5.54 Å². The zero-order valence-electron chi connectivity index (χ0n) is 11.1. The minimum atomic E-state index is -0.378. The zero-order chi connectivity index (χ0) is 13.8. The Balaban J connectivity index is 2.98. The van der Waals surface area contributed by atoms with Crippen molar-refractivity contribution >= 4 is 17.5 Å². The maximum Gasteiger partial charge on any atom is 0.252 e. The van der Waals surface area contributed by atoms with Crippen LogP contribution < -0.4 is 5.32 Å². The summed E-state index contributed by atoms with van der Waals surface area (Å²) in [4.78, 5) is 12.2. The lowest BCUT2D eigenvalue weighted by Gasteiger charge is -2.31. The minimum absolute atomic E-state index is 0.132. The number of benzene rings is 1. The highest BCUT2D eigenvalue weighted by molar-refractivity contribution is 6.19. The third-order valence-electron chi connectivity index (χ3n) is 3.54. The van der Waals surface area contributed by atoms with Gasteiger partial charge in [0, 0.05) is 17.0 Å². The summed E-state index contributed by atoms with van der Waals surface area (Å²) >= 11 is 5.96. The monoisotopic (exact) mass is 269 g/mol. The van der Waals surface area contributed by atoms with Crippen LogP contribution in [0.1, 0.15) is 42.6 Å². The number of carbonyl (C=O) groups excluding carboxylic acids is 1. The molecule has 0 aliphatic heterocycles. The van der Waals surface area contributed by atoms with E-state index in [1.54, 1.807) is 25.1 Å². The molecule has 4 heteroatoms. The average molecular weight is 270 g/mol. The molecule has 0 saturated heterocycles. The van der Waals surface area contributed by atoms with Crippen molar-refractivity contribution in [2.45, 2.75) is 39.2 Å². The molecule has 1 aromatic rings. The summed E-state index contributed by atoms with van der Waals surface area (Å²) in [7, 11) is 0. The molecule has 0 fully saturated rings. The molecule has 0 aliphatic carbocycles. The average Bonchev–Trinajstić information content (AvgIpc) is 2.39. The number of alkyl halides is 1. The molecule has 0 bridgehead atoms. The number of nitrogens with one attached hydrogen (secondary N) is 1. The lowest BCUT2D eigenvalue weighted by Crippen LogP contribution is -2.49. The SMILES string of the molecule is CCC(CC)(CCl)NC(=O)c1cccc(O)c1C. The van der Waals surface area contributed by atoms with Crippen molar-refractivity contribution < 1.29 is 9.90 Å². The van der Waals surface area contributed by atoms with Crippen LogP contribution in [-0.2, 0) is 0 Å². The third kappa shape index (κ3) is 2.96. The van der Waals surface area contributed by atoms with Gasteiger partial charge in [-0.15, -0.1) is 11.6 Å². The standard InChI is InChI=1S/C14H20ClNO2/c1-4-14(5-2,9-15)16-13(18)11-7-6-8-12(17)10(11)3/h6-8,17H,4-5,9H2,1-3H3,(H,16,18). The van der Waals surface area contributed by atoms with Gasteiger partial charge >= 0.3 is 0 Å². The minimum Gasteiger partial charge on any atom is -0.508 e. The molecule has 0 spiro atoms. The van der Waals surface area contributed by atoms with Crippen molar-refractivity contribution in [2.24, 2.45) is 0 Å². The highest BCUT2D eigenvalue weighted by Crippen LogP contribution is 2.22. The number of amides is 1. The van der Waals surface area contributed by atoms with E-state index in [1.165, 1.54) is 0 Å². The first kappa shape index (κ1) is 14.8. The summed E-state index contributed by atoms with van der Waals surface area (Å²) in [6.45, 7) is 5.73. The topological polar surface area (TPSA) is 49.3 Å². The molecule has 0 radical (unpaired) electrons. The van der Waals surface area contributed by atoms with E-state index in [-0.39, 0.29) is 17.2 Å². The van der Waals surface area contributed by atoms with Gasteiger partial charge in [0.15, 0.2) is 0 Å². The van der Waals surface area contributed by atoms with Crippen LogP contribution in [0.4, 0.5) is 0 Å². The molecule has 3 nitrogen and oxygen atoms in total. The van der Waals surface area contributed by atoms with Crippen LogP contribution in [-0.4, -0.2) is 22.4 Å². The first-order valence-electron chi connectivity index (χ1n) is 6.16. The molecule has 1 rings (SSSR count). The molecule has 0 saturated carbocycles. The fourth-order valence-electron chi connectivity index (χ4n) is 1.83. The van der Waals surface area contributed by atoms with E-state index in [0.29, 0.717) is 17.0 Å². The highest BCUT2D eigenvalue weighted by Gasteiger charge is 2.28. The van der Waals surface area contributed by atoms with Crippen LogP contribution in [0.15, 0.2) is 18.2 Å². The van der Waals surface area contributed by atoms with Crippen LogP contribution in [0.3, 0.4) is 0 Å². The lowest BCUT2D eigenvalue weighted by atomic mass is 9.94. The fourth-order valence-corrected chi connectivity index (χ4v) is 2.27. The molecule has 0 atom stereocenters. The second kappa shape index (κ2) is 6.10. The summed E-state index contributed by atoms with van der Waals surface area (Å²) in [6, 6.07) is 4.94. The van der Waals surface area contributed by atoms with Crippen LogP contribution in [0, 0.1) is 6.92 Å². The van der Waals surface area contributed by atoms with Crippen LogP contribution in [0.25, 0.3) is 0 Å². The maximum absolute atomic E-state index is 12.2. The highest BCUT2D eigenvalue weighted by atomic mass is 35.5. The normalized spacial score (nSPS) is 11.3. The lowest BCUT2D eigenvalue weighted by molar-refractivity contribution is 0.0901. The summed E-state index contributed by atoms with van der Waals surface area (Å²) < 4.78 is 0. The fraction of sp³-hybridized carbons (Fsp3) is 0.500. The Morgan fingerprint density at radius 3 is 2.50 bits per heavy atom. The third-order valence-corrected chi connectivity index (χ3v) is 4.05. The molecule has 0 heterocycles. The van der Waals surface area contributed by atoms with Crippen molar-refractivity contribution in [1.82, 2.24) is 5.32 Å². The van der Waals surface area contributed by atoms with Gasteiger partial charge in [-0.05, 0) is 31.9 Å². The number of phenolic OH excluding ortho intramolecular Hbond substituents is 1. The van der Waals surface area contributed by atoms with Crippen LogP contribution in [0.5, 0.6) is 5.75 Å². The van der Waals surface area contributed by atoms with Crippen molar-refractivity contribution in [3.63, 3.8) is 0 Å². The predicted molar refractivity (Wildman–Crippen MR) is 74.3 cm³/mol. The number of carbonyl (C=O) groups is 1. The molecule has 18 heavy (non-hydrogen) atoms. The second-order valence-corrected chi connectivity index (χ2v) is 4.79. The number of hydrogen-bond donors (Lipinski definition) is 2. The zero-order valence-corrected chi connectivity index (χ0v) is 11.8. The van der Waals surface area contributed by atoms with Gasteiger partial charge in [-0.1, -0.05) is 19.9 Å². The Labute approximate surface area is 113 Å². The van der Waals surface area contributed by atoms with E-state index in [9.17, 15) is 9.90 Å². The van der Waals surface area contributed by atoms with Crippen molar-refractivity contribution in [3.05, 3.63) is 29.3 Å². The van der Waals surface area contributed by atoms with Crippen molar-refractivity contribution in [3.8, 4) is 5.75 Å². The Morgan fingerprint density at radius 1 is 1.39 bits per heavy atom. The van der Waals surface area contributed by atoms with Crippen LogP contribution in [0.2, 0.25) is 0 Å². The molecular weight excluding hydrogens is 250 g/mol. The van der Waals surface area contributed by atoms with Gasteiger partial charge < -0.3 is 10.4 Å². The van der Waals surface area contributed by atoms with E-state index < -0.39 is 0 Å². The molecule has 1 aromatic carbocycles. The van der Waals surface area contributed by atoms with E-state index in [2.05, 4.69) is 5.32 Å². The maximum atomic E-state index is 12.2. The number of rotatable bonds is 5. The molecule has 0 aliphatic rings. The van der Waals surface area contributed by atoms with Crippen molar-refractivity contribution in [2.75, 3.05) is 5.88 Å². The predicted octanol–water partition coefficient (Wildman–Crippen LogP) is 3.23. The first-order valence-corrected chi connectivity index (χ1v) is 6.70. The number of halogens is 1. The van der Waals surface area contributed by atoms with Gasteiger partial charge in [0.25, 0.3) is 5.91 Å². The van der Waals surface area contributed by atoms with Gasteiger partial charge in [-0.2, -0.15) is 0 Å². The summed E-state index contributed by atoms with van der Waals surface area (Å²) in [5.74, 6) is 0.323. The molecule has 1 amide bonds.